The maximum absolute atomic E-state index is 14.1. The molecule has 3 aromatic heterocycles. The quantitative estimate of drug-likeness (QED) is 0.186. The lowest BCUT2D eigenvalue weighted by atomic mass is 9.94. The van der Waals surface area contributed by atoms with Gasteiger partial charge >= 0.3 is 0 Å². The van der Waals surface area contributed by atoms with E-state index in [4.69, 9.17) is 4.98 Å². The van der Waals surface area contributed by atoms with E-state index in [1.54, 1.807) is 17.0 Å². The standard InChI is InChI=1S/C32H41N7O3S2/c1-3-21(4-2)28-16-22-17-34-32(37-25-13-11-24(12-14-25)36-26-8-7-15-33-19-26)38-29(22)39(30(28)40)20-23-18-35-43-31(23)44(41,42)27-9-5-6-10-27/h11-14,16-18,21,26-27,33,36H,3-10,15,19-20H2,1-2H3,(H,34,37,38). The number of aromatic nitrogens is 4. The Balaban J connectivity index is 1.33. The number of sulfone groups is 1. The van der Waals surface area contributed by atoms with Crippen molar-refractivity contribution >= 4 is 49.7 Å². The molecule has 10 nitrogen and oxygen atoms in total. The smallest absolute Gasteiger partial charge is 0.256 e. The Morgan fingerprint density at radius 3 is 2.50 bits per heavy atom. The maximum atomic E-state index is 14.1. The summed E-state index contributed by atoms with van der Waals surface area (Å²) in [6.07, 6.45) is 10.5. The Hall–Kier alpha value is -3.35. The number of hydrogen-bond acceptors (Lipinski definition) is 10. The van der Waals surface area contributed by atoms with Crippen LogP contribution in [-0.4, -0.2) is 51.7 Å². The molecule has 4 heterocycles. The highest BCUT2D eigenvalue weighted by atomic mass is 32.2. The first-order valence-corrected chi connectivity index (χ1v) is 18.1. The van der Waals surface area contributed by atoms with Crippen molar-refractivity contribution in [3.8, 4) is 0 Å². The van der Waals surface area contributed by atoms with Crippen molar-refractivity contribution in [3.63, 3.8) is 0 Å². The minimum absolute atomic E-state index is 0.0773. The number of benzene rings is 1. The molecule has 3 N–H and O–H groups in total. The van der Waals surface area contributed by atoms with Crippen molar-refractivity contribution in [3.05, 3.63) is 64.2 Å². The topological polar surface area (TPSA) is 131 Å². The summed E-state index contributed by atoms with van der Waals surface area (Å²) >= 11 is 1.00. The van der Waals surface area contributed by atoms with Crippen LogP contribution in [0, 0.1) is 0 Å². The number of nitrogens with zero attached hydrogens (tertiary/aromatic N) is 4. The molecule has 12 heteroatoms. The van der Waals surface area contributed by atoms with Crippen LogP contribution in [0.25, 0.3) is 11.0 Å². The van der Waals surface area contributed by atoms with E-state index in [1.807, 2.05) is 30.3 Å². The van der Waals surface area contributed by atoms with Gasteiger partial charge in [-0.3, -0.25) is 9.36 Å². The predicted molar refractivity (Wildman–Crippen MR) is 177 cm³/mol. The maximum Gasteiger partial charge on any atom is 0.256 e. The van der Waals surface area contributed by atoms with Crippen molar-refractivity contribution in [1.29, 1.82) is 0 Å². The third-order valence-corrected chi connectivity index (χ3v) is 12.7. The van der Waals surface area contributed by atoms with E-state index in [-0.39, 0.29) is 27.5 Å². The molecule has 0 bridgehead atoms. The number of fused-ring (bicyclic) bond motifs is 1. The van der Waals surface area contributed by atoms with Gasteiger partial charge in [-0.05, 0) is 92.9 Å². The van der Waals surface area contributed by atoms with E-state index in [9.17, 15) is 13.2 Å². The van der Waals surface area contributed by atoms with Crippen LogP contribution < -0.4 is 21.5 Å². The fourth-order valence-electron chi connectivity index (χ4n) is 6.51. The SMILES string of the molecule is CCC(CC)c1cc2cnc(Nc3ccc(NC4CCCNC4)cc3)nc2n(Cc2cnsc2S(=O)(=O)C2CCCC2)c1=O. The van der Waals surface area contributed by atoms with Crippen molar-refractivity contribution in [1.82, 2.24) is 24.2 Å². The monoisotopic (exact) mass is 635 g/mol. The highest BCUT2D eigenvalue weighted by molar-refractivity contribution is 7.94. The molecule has 0 amide bonds. The first-order valence-electron chi connectivity index (χ1n) is 15.8. The van der Waals surface area contributed by atoms with Crippen molar-refractivity contribution in [2.75, 3.05) is 23.7 Å². The van der Waals surface area contributed by atoms with E-state index in [1.165, 1.54) is 6.42 Å². The molecule has 6 rings (SSSR count). The number of anilines is 3. The second-order valence-corrected chi connectivity index (χ2v) is 15.2. The fourth-order valence-corrected chi connectivity index (χ4v) is 9.71. The summed E-state index contributed by atoms with van der Waals surface area (Å²) in [6.45, 7) is 6.26. The molecule has 1 aliphatic heterocycles. The largest absolute Gasteiger partial charge is 0.381 e. The molecule has 1 saturated carbocycles. The minimum Gasteiger partial charge on any atom is -0.381 e. The van der Waals surface area contributed by atoms with E-state index in [0.717, 1.165) is 73.5 Å². The molecule has 1 aliphatic carbocycles. The molecule has 1 saturated heterocycles. The summed E-state index contributed by atoms with van der Waals surface area (Å²) in [6, 6.07) is 10.3. The predicted octanol–water partition coefficient (Wildman–Crippen LogP) is 5.82. The van der Waals surface area contributed by atoms with Crippen molar-refractivity contribution in [2.24, 2.45) is 0 Å². The second-order valence-electron chi connectivity index (χ2n) is 12.0. The molecule has 234 valence electrons. The van der Waals surface area contributed by atoms with Gasteiger partial charge in [0.1, 0.15) is 9.86 Å². The van der Waals surface area contributed by atoms with Crippen LogP contribution in [0.4, 0.5) is 17.3 Å². The number of pyridine rings is 1. The lowest BCUT2D eigenvalue weighted by Gasteiger charge is -2.24. The number of rotatable bonds is 11. The normalized spacial score (nSPS) is 17.8. The molecular formula is C32H41N7O3S2. The zero-order valence-electron chi connectivity index (χ0n) is 25.4. The number of nitrogens with one attached hydrogen (secondary N) is 3. The zero-order chi connectivity index (χ0) is 30.7. The molecule has 44 heavy (non-hydrogen) atoms. The molecule has 1 unspecified atom stereocenters. The van der Waals surface area contributed by atoms with E-state index < -0.39 is 9.84 Å². The molecule has 2 fully saturated rings. The molecule has 0 radical (unpaired) electrons. The number of hydrogen-bond donors (Lipinski definition) is 3. The van der Waals surface area contributed by atoms with E-state index in [2.05, 4.69) is 39.2 Å². The van der Waals surface area contributed by atoms with Gasteiger partial charge in [-0.15, -0.1) is 0 Å². The van der Waals surface area contributed by atoms with Crippen LogP contribution in [0.2, 0.25) is 0 Å². The summed E-state index contributed by atoms with van der Waals surface area (Å²) in [5.74, 6) is 0.440. The lowest BCUT2D eigenvalue weighted by molar-refractivity contribution is 0.480. The van der Waals surface area contributed by atoms with Gasteiger partial charge in [0.2, 0.25) is 5.95 Å². The molecular weight excluding hydrogens is 595 g/mol. The van der Waals surface area contributed by atoms with Gasteiger partial charge in [-0.25, -0.2) is 13.4 Å². The first-order chi connectivity index (χ1) is 21.4. The highest BCUT2D eigenvalue weighted by Gasteiger charge is 2.34. The van der Waals surface area contributed by atoms with Crippen LogP contribution in [0.15, 0.2) is 51.7 Å². The van der Waals surface area contributed by atoms with Crippen LogP contribution in [0.3, 0.4) is 0 Å². The third kappa shape index (κ3) is 6.38. The number of piperidine rings is 1. The van der Waals surface area contributed by atoms with Crippen molar-refractivity contribution in [2.45, 2.75) is 93.2 Å². The lowest BCUT2D eigenvalue weighted by Crippen LogP contribution is -2.38. The van der Waals surface area contributed by atoms with Crippen LogP contribution in [0.5, 0.6) is 0 Å². The van der Waals surface area contributed by atoms with Gasteiger partial charge < -0.3 is 16.0 Å². The molecule has 4 aromatic rings. The molecule has 0 spiro atoms. The van der Waals surface area contributed by atoms with Crippen LogP contribution in [-0.2, 0) is 16.4 Å². The minimum atomic E-state index is -3.52. The van der Waals surface area contributed by atoms with Gasteiger partial charge in [0.25, 0.3) is 5.56 Å². The zero-order valence-corrected chi connectivity index (χ0v) is 27.0. The molecule has 1 atom stereocenters. The molecule has 2 aliphatic rings. The van der Waals surface area contributed by atoms with Gasteiger partial charge in [0, 0.05) is 52.9 Å². The fraction of sp³-hybridized carbons (Fsp3) is 0.500. The van der Waals surface area contributed by atoms with Gasteiger partial charge in [-0.2, -0.15) is 9.36 Å². The average molecular weight is 636 g/mol. The summed E-state index contributed by atoms with van der Waals surface area (Å²) in [4.78, 5) is 23.4. The van der Waals surface area contributed by atoms with E-state index in [0.29, 0.717) is 41.6 Å². The average Bonchev–Trinajstić information content (AvgIpc) is 3.75. The summed E-state index contributed by atoms with van der Waals surface area (Å²) in [5, 5.41) is 10.6. The highest BCUT2D eigenvalue weighted by Crippen LogP contribution is 2.34. The Bertz CT molecular complexity index is 1750. The second kappa shape index (κ2) is 13.3. The van der Waals surface area contributed by atoms with Gasteiger partial charge in [-0.1, -0.05) is 26.7 Å². The van der Waals surface area contributed by atoms with E-state index >= 15 is 0 Å². The van der Waals surface area contributed by atoms with Gasteiger partial charge in [0.05, 0.1) is 11.8 Å². The van der Waals surface area contributed by atoms with Gasteiger partial charge in [0.15, 0.2) is 9.84 Å². The summed E-state index contributed by atoms with van der Waals surface area (Å²) in [5.41, 5.74) is 3.42. The third-order valence-electron chi connectivity index (χ3n) is 9.02. The first kappa shape index (κ1) is 30.7. The Kier molecular flexibility index (Phi) is 9.29. The summed E-state index contributed by atoms with van der Waals surface area (Å²) in [7, 11) is -3.52. The van der Waals surface area contributed by atoms with Crippen LogP contribution >= 0.6 is 11.5 Å². The Morgan fingerprint density at radius 1 is 1.05 bits per heavy atom. The molecule has 1 aromatic carbocycles. The summed E-state index contributed by atoms with van der Waals surface area (Å²) < 4.78 is 33.3. The Labute approximate surface area is 262 Å². The van der Waals surface area contributed by atoms with Crippen LogP contribution in [0.1, 0.15) is 82.3 Å². The Morgan fingerprint density at radius 2 is 1.80 bits per heavy atom. The van der Waals surface area contributed by atoms with Crippen molar-refractivity contribution < 1.29 is 8.42 Å².